The number of rotatable bonds is 3. The molecule has 0 aliphatic carbocycles. The van der Waals surface area contributed by atoms with E-state index in [9.17, 15) is 0 Å². The summed E-state index contributed by atoms with van der Waals surface area (Å²) in [5.41, 5.74) is 7.36. The molecule has 0 atom stereocenters. The first kappa shape index (κ1) is 11.7. The van der Waals surface area contributed by atoms with Crippen LogP contribution in [0.15, 0.2) is 18.2 Å². The van der Waals surface area contributed by atoms with Crippen LogP contribution in [0, 0.1) is 0 Å². The second kappa shape index (κ2) is 4.58. The van der Waals surface area contributed by atoms with Crippen molar-refractivity contribution in [2.75, 3.05) is 17.7 Å². The lowest BCUT2D eigenvalue weighted by atomic mass is 10.2. The summed E-state index contributed by atoms with van der Waals surface area (Å²) in [6.07, 6.45) is 0. The van der Waals surface area contributed by atoms with Crippen LogP contribution in [0.3, 0.4) is 0 Å². The lowest BCUT2D eigenvalue weighted by Crippen LogP contribution is -2.20. The highest BCUT2D eigenvalue weighted by Crippen LogP contribution is 2.21. The number of aryl methyl sites for hydroxylation is 1. The quantitative estimate of drug-likeness (QED) is 0.828. The molecule has 0 aliphatic rings. The molecule has 1 aromatic carbocycles. The standard InChI is InChI=1S/C10H13ClN6/c1-16(10-13-14-15-17(10)2)6-7-5-8(12)3-4-9(7)11/h3-5H,6,12H2,1-2H3. The van der Waals surface area contributed by atoms with Crippen LogP contribution in [0.2, 0.25) is 5.02 Å². The first-order valence-corrected chi connectivity index (χ1v) is 5.43. The van der Waals surface area contributed by atoms with Crippen molar-refractivity contribution in [3.05, 3.63) is 28.8 Å². The molecule has 1 heterocycles. The summed E-state index contributed by atoms with van der Waals surface area (Å²) in [5, 5.41) is 12.0. The summed E-state index contributed by atoms with van der Waals surface area (Å²) in [6, 6.07) is 5.41. The molecule has 2 aromatic rings. The first-order valence-electron chi connectivity index (χ1n) is 5.05. The fraction of sp³-hybridized carbons (Fsp3) is 0.300. The fourth-order valence-corrected chi connectivity index (χ4v) is 1.77. The van der Waals surface area contributed by atoms with E-state index in [1.807, 2.05) is 18.0 Å². The van der Waals surface area contributed by atoms with Crippen molar-refractivity contribution in [2.24, 2.45) is 7.05 Å². The van der Waals surface area contributed by atoms with Crippen LogP contribution in [-0.4, -0.2) is 27.3 Å². The number of aromatic nitrogens is 4. The van der Waals surface area contributed by atoms with E-state index in [1.165, 1.54) is 0 Å². The molecule has 0 saturated heterocycles. The molecule has 0 saturated carbocycles. The predicted octanol–water partition coefficient (Wildman–Crippen LogP) is 1.08. The van der Waals surface area contributed by atoms with Crippen molar-refractivity contribution in [2.45, 2.75) is 6.54 Å². The number of hydrogen-bond acceptors (Lipinski definition) is 5. The van der Waals surface area contributed by atoms with Crippen molar-refractivity contribution >= 4 is 23.2 Å². The average Bonchev–Trinajstić information content (AvgIpc) is 2.70. The average molecular weight is 253 g/mol. The number of tetrazole rings is 1. The SMILES string of the molecule is CN(Cc1cc(N)ccc1Cl)c1nnnn1C. The molecule has 90 valence electrons. The van der Waals surface area contributed by atoms with Gasteiger partial charge in [-0.3, -0.25) is 0 Å². The van der Waals surface area contributed by atoms with Crippen molar-refractivity contribution in [3.63, 3.8) is 0 Å². The highest BCUT2D eigenvalue weighted by atomic mass is 35.5. The monoisotopic (exact) mass is 252 g/mol. The second-order valence-electron chi connectivity index (χ2n) is 3.81. The van der Waals surface area contributed by atoms with Crippen molar-refractivity contribution < 1.29 is 0 Å². The minimum absolute atomic E-state index is 0.595. The smallest absolute Gasteiger partial charge is 0.245 e. The van der Waals surface area contributed by atoms with Gasteiger partial charge < -0.3 is 10.6 Å². The molecule has 17 heavy (non-hydrogen) atoms. The zero-order valence-electron chi connectivity index (χ0n) is 9.63. The molecular formula is C10H13ClN6. The maximum atomic E-state index is 6.10. The molecule has 1 aromatic heterocycles. The van der Waals surface area contributed by atoms with Crippen LogP contribution in [0.1, 0.15) is 5.56 Å². The van der Waals surface area contributed by atoms with Crippen molar-refractivity contribution in [1.29, 1.82) is 0 Å². The number of halogens is 1. The molecule has 0 radical (unpaired) electrons. The number of nitrogens with two attached hydrogens (primary N) is 1. The minimum atomic E-state index is 0.595. The zero-order chi connectivity index (χ0) is 12.4. The number of nitrogens with zero attached hydrogens (tertiary/aromatic N) is 5. The van der Waals surface area contributed by atoms with Crippen molar-refractivity contribution in [3.8, 4) is 0 Å². The molecular weight excluding hydrogens is 240 g/mol. The summed E-state index contributed by atoms with van der Waals surface area (Å²) in [5.74, 6) is 0.670. The zero-order valence-corrected chi connectivity index (χ0v) is 10.4. The van der Waals surface area contributed by atoms with E-state index in [4.69, 9.17) is 17.3 Å². The topological polar surface area (TPSA) is 72.9 Å². The normalized spacial score (nSPS) is 10.5. The van der Waals surface area contributed by atoms with E-state index < -0.39 is 0 Å². The van der Waals surface area contributed by atoms with Crippen molar-refractivity contribution in [1.82, 2.24) is 20.2 Å². The van der Waals surface area contributed by atoms with Gasteiger partial charge in [0.25, 0.3) is 0 Å². The molecule has 0 aliphatic heterocycles. The summed E-state index contributed by atoms with van der Waals surface area (Å²) < 4.78 is 1.60. The van der Waals surface area contributed by atoms with E-state index in [2.05, 4.69) is 15.5 Å². The number of anilines is 2. The first-order chi connectivity index (χ1) is 8.08. The van der Waals surface area contributed by atoms with E-state index in [1.54, 1.807) is 23.9 Å². The Hall–Kier alpha value is -1.82. The van der Waals surface area contributed by atoms with Crippen LogP contribution in [0.4, 0.5) is 11.6 Å². The van der Waals surface area contributed by atoms with Gasteiger partial charge >= 0.3 is 0 Å². The van der Waals surface area contributed by atoms with Crippen LogP contribution in [-0.2, 0) is 13.6 Å². The minimum Gasteiger partial charge on any atom is -0.399 e. The van der Waals surface area contributed by atoms with Crippen LogP contribution in [0.5, 0.6) is 0 Å². The molecule has 0 unspecified atom stereocenters. The Morgan fingerprint density at radius 2 is 2.24 bits per heavy atom. The highest BCUT2D eigenvalue weighted by Gasteiger charge is 2.10. The summed E-state index contributed by atoms with van der Waals surface area (Å²) >= 11 is 6.10. The van der Waals surface area contributed by atoms with E-state index >= 15 is 0 Å². The maximum absolute atomic E-state index is 6.10. The largest absolute Gasteiger partial charge is 0.399 e. The molecule has 0 amide bonds. The van der Waals surface area contributed by atoms with E-state index in [-0.39, 0.29) is 0 Å². The molecule has 0 bridgehead atoms. The number of nitrogen functional groups attached to an aromatic ring is 1. The third-order valence-corrected chi connectivity index (χ3v) is 2.79. The molecule has 7 heteroatoms. The Labute approximate surface area is 104 Å². The van der Waals surface area contributed by atoms with Gasteiger partial charge in [-0.1, -0.05) is 16.7 Å². The third kappa shape index (κ3) is 2.47. The molecule has 6 nitrogen and oxygen atoms in total. The van der Waals surface area contributed by atoms with Gasteiger partial charge in [0.05, 0.1) is 0 Å². The second-order valence-corrected chi connectivity index (χ2v) is 4.22. The summed E-state index contributed by atoms with van der Waals surface area (Å²) in [6.45, 7) is 0.595. The summed E-state index contributed by atoms with van der Waals surface area (Å²) in [7, 11) is 3.68. The number of hydrogen-bond donors (Lipinski definition) is 1. The Morgan fingerprint density at radius 3 is 2.88 bits per heavy atom. The number of benzene rings is 1. The molecule has 0 spiro atoms. The van der Waals surface area contributed by atoms with Gasteiger partial charge in [0, 0.05) is 31.4 Å². The lowest BCUT2D eigenvalue weighted by molar-refractivity contribution is 0.696. The molecule has 2 N–H and O–H groups in total. The highest BCUT2D eigenvalue weighted by molar-refractivity contribution is 6.31. The van der Waals surface area contributed by atoms with Gasteiger partial charge in [-0.25, -0.2) is 4.68 Å². The maximum Gasteiger partial charge on any atom is 0.245 e. The van der Waals surface area contributed by atoms with Gasteiger partial charge in [-0.05, 0) is 34.2 Å². The van der Waals surface area contributed by atoms with Crippen LogP contribution < -0.4 is 10.6 Å². The molecule has 2 rings (SSSR count). The lowest BCUT2D eigenvalue weighted by Gasteiger charge is -2.17. The van der Waals surface area contributed by atoms with Gasteiger partial charge in [-0.2, -0.15) is 0 Å². The van der Waals surface area contributed by atoms with E-state index in [0.29, 0.717) is 23.2 Å². The van der Waals surface area contributed by atoms with Gasteiger partial charge in [-0.15, -0.1) is 0 Å². The Kier molecular flexibility index (Phi) is 3.14. The Balaban J connectivity index is 2.21. The van der Waals surface area contributed by atoms with E-state index in [0.717, 1.165) is 5.56 Å². The molecule has 0 fully saturated rings. The van der Waals surface area contributed by atoms with Crippen LogP contribution >= 0.6 is 11.6 Å². The Morgan fingerprint density at radius 1 is 1.47 bits per heavy atom. The van der Waals surface area contributed by atoms with Gasteiger partial charge in [0.2, 0.25) is 5.95 Å². The summed E-state index contributed by atoms with van der Waals surface area (Å²) in [4.78, 5) is 1.90. The third-order valence-electron chi connectivity index (χ3n) is 2.42. The fourth-order valence-electron chi connectivity index (χ4n) is 1.59. The van der Waals surface area contributed by atoms with Crippen LogP contribution in [0.25, 0.3) is 0 Å². The van der Waals surface area contributed by atoms with Gasteiger partial charge in [0.15, 0.2) is 0 Å². The van der Waals surface area contributed by atoms with Gasteiger partial charge in [0.1, 0.15) is 0 Å². The predicted molar refractivity (Wildman–Crippen MR) is 66.8 cm³/mol. The Bertz CT molecular complexity index is 523.